The van der Waals surface area contributed by atoms with E-state index in [4.69, 9.17) is 0 Å². The van der Waals surface area contributed by atoms with Crippen LogP contribution in [-0.4, -0.2) is 69.2 Å². The molecule has 0 heterocycles. The summed E-state index contributed by atoms with van der Waals surface area (Å²) in [5, 5.41) is -2.78. The first kappa shape index (κ1) is 68.2. The molecule has 0 N–H and O–H groups in total. The summed E-state index contributed by atoms with van der Waals surface area (Å²) < 4.78 is 29.0. The van der Waals surface area contributed by atoms with Crippen LogP contribution in [0.15, 0.2) is 0 Å². The van der Waals surface area contributed by atoms with Crippen molar-refractivity contribution in [1.82, 2.24) is 0 Å². The monoisotopic (exact) mass is 1000 g/mol. The summed E-state index contributed by atoms with van der Waals surface area (Å²) in [4.78, 5) is 0. The number of hydrogen-bond acceptors (Lipinski definition) is 3. The topological polar surface area (TPSA) is 27.7 Å². The zero-order valence-electron chi connectivity index (χ0n) is 53.6. The van der Waals surface area contributed by atoms with Crippen LogP contribution in [0, 0.1) is 0 Å². The van der Waals surface area contributed by atoms with E-state index in [2.05, 4.69) is 249 Å². The van der Waals surface area contributed by atoms with E-state index in [1.165, 1.54) is 0 Å². The Morgan fingerprint density at radius 3 is 0.328 bits per heavy atom. The molecule has 0 aliphatic heterocycles. The first-order valence-electron chi connectivity index (χ1n) is 28.7. The third-order valence-corrected chi connectivity index (χ3v) is 58.4. The van der Waals surface area contributed by atoms with Crippen LogP contribution in [0.4, 0.5) is 0 Å². The van der Waals surface area contributed by atoms with Crippen molar-refractivity contribution in [2.45, 2.75) is 388 Å². The van der Waals surface area contributed by atoms with E-state index in [9.17, 15) is 13.3 Å². The second-order valence-electron chi connectivity index (χ2n) is 29.7. The average molecular weight is 1010 g/mol. The van der Waals surface area contributed by atoms with Gasteiger partial charge in [0.05, 0.1) is 0 Å². The molecule has 0 aliphatic rings. The van der Waals surface area contributed by atoms with Crippen LogP contribution in [0.5, 0.6) is 0 Å². The van der Waals surface area contributed by atoms with Crippen LogP contribution >= 0.6 is 20.5 Å². The third-order valence-electron chi connectivity index (χ3n) is 25.1. The number of rotatable bonds is 30. The van der Waals surface area contributed by atoms with E-state index in [1.807, 2.05) is 0 Å². The molecule has 0 spiro atoms. The fraction of sp³-hybridized carbons (Fsp3) is 1.00. The van der Waals surface area contributed by atoms with Crippen molar-refractivity contribution < 1.29 is 13.3 Å². The van der Waals surface area contributed by atoms with E-state index < -0.39 is 27.8 Å². The molecule has 0 saturated heterocycles. The molecule has 0 aromatic rings. The maximum atomic E-state index is 9.68. The molecule has 0 atom stereocenters. The quantitative estimate of drug-likeness (QED) is 0.0530. The molecule has 0 radical (unpaired) electrons. The molecule has 0 aromatic carbocycles. The Hall–Kier alpha value is 1.23. The van der Waals surface area contributed by atoms with Crippen LogP contribution in [0.1, 0.15) is 326 Å². The zero-order chi connectivity index (χ0) is 54.5. The predicted molar refractivity (Wildman–Crippen MR) is 322 cm³/mol. The summed E-state index contributed by atoms with van der Waals surface area (Å²) in [7, 11) is -0.942. The Morgan fingerprint density at radius 2 is 0.269 bits per heavy atom. The second kappa shape index (κ2) is 20.1. The van der Waals surface area contributed by atoms with Gasteiger partial charge in [-0.15, -0.1) is 0 Å². The standard InChI is InChI=1S/C60H132BO3P3/c1-37-49(13,14)65(50(15,16)38-2,51(17,18)39-3,52(19,20)40-4)62-61(63-66(53(21,22)41-5,54(23,24)42-6,55(25,26)43-7)56(27,28)44-8)64-67(57(29,30)45-9,58(31,32)46-10,59(33,34)47-11)60(35,36)48-12/h37-48H2,1-36H3. The molecule has 0 aliphatic carbocycles. The van der Waals surface area contributed by atoms with Gasteiger partial charge in [-0.25, -0.2) is 0 Å². The maximum absolute atomic E-state index is 9.68. The number of hydrogen-bond donors (Lipinski definition) is 0. The molecule has 3 nitrogen and oxygen atoms in total. The molecule has 0 saturated carbocycles. The Bertz CT molecular complexity index is 1220. The molecule has 0 unspecified atom stereocenters. The molecule has 408 valence electrons. The molecule has 67 heavy (non-hydrogen) atoms. The molecule has 0 aromatic heterocycles. The molecule has 0 fully saturated rings. The molecule has 7 heteroatoms. The van der Waals surface area contributed by atoms with Crippen molar-refractivity contribution in [2.24, 2.45) is 0 Å². The summed E-state index contributed by atoms with van der Waals surface area (Å²) in [6.07, 6.45) is 12.1. The van der Waals surface area contributed by atoms with Gasteiger partial charge in [-0.3, -0.25) is 0 Å². The normalized spacial score (nSPS) is 17.6. The van der Waals surface area contributed by atoms with Crippen LogP contribution < -0.4 is 0 Å². The van der Waals surface area contributed by atoms with Gasteiger partial charge < -0.3 is 0 Å². The van der Waals surface area contributed by atoms with Crippen molar-refractivity contribution >= 4 is 27.8 Å². The van der Waals surface area contributed by atoms with Crippen LogP contribution in [0.25, 0.3) is 0 Å². The van der Waals surface area contributed by atoms with Gasteiger partial charge in [0, 0.05) is 0 Å². The van der Waals surface area contributed by atoms with E-state index in [0.717, 1.165) is 77.0 Å². The van der Waals surface area contributed by atoms with Gasteiger partial charge in [0.1, 0.15) is 0 Å². The van der Waals surface area contributed by atoms with Gasteiger partial charge in [-0.1, -0.05) is 0 Å². The van der Waals surface area contributed by atoms with E-state index in [1.54, 1.807) is 0 Å². The molecule has 0 amide bonds. The average Bonchev–Trinajstić information content (AvgIpc) is 3.24. The predicted octanol–water partition coefficient (Wildman–Crippen LogP) is 22.7. The summed E-state index contributed by atoms with van der Waals surface area (Å²) >= 11 is 0. The Kier molecular flexibility index (Phi) is 20.4. The molecule has 0 bridgehead atoms. The Labute approximate surface area is 427 Å². The second-order valence-corrected chi connectivity index (χ2v) is 51.1. The van der Waals surface area contributed by atoms with Gasteiger partial charge in [0.2, 0.25) is 0 Å². The minimum absolute atomic E-state index is 0.232. The van der Waals surface area contributed by atoms with Crippen molar-refractivity contribution in [3.8, 4) is 0 Å². The van der Waals surface area contributed by atoms with Crippen LogP contribution in [0.2, 0.25) is 0 Å². The van der Waals surface area contributed by atoms with E-state index in [0.29, 0.717) is 0 Å². The van der Waals surface area contributed by atoms with Gasteiger partial charge in [-0.2, -0.15) is 0 Å². The molecular weight excluding hydrogens is 872 g/mol. The molecular formula is C60H132BO3P3. The Morgan fingerprint density at radius 1 is 0.194 bits per heavy atom. The summed E-state index contributed by atoms with van der Waals surface area (Å²) in [6.45, 7) is 81.4. The van der Waals surface area contributed by atoms with Gasteiger partial charge >= 0.3 is 429 Å². The molecule has 0 rings (SSSR count). The van der Waals surface area contributed by atoms with Gasteiger partial charge in [-0.05, 0) is 0 Å². The first-order chi connectivity index (χ1) is 29.6. The summed E-state index contributed by atoms with van der Waals surface area (Å²) in [5.41, 5.74) is 0. The minimum atomic E-state index is -3.92. The first-order valence-corrected chi connectivity index (χ1v) is 35.1. The third kappa shape index (κ3) is 7.21. The van der Waals surface area contributed by atoms with Gasteiger partial charge in [0.25, 0.3) is 0 Å². The van der Waals surface area contributed by atoms with Crippen LogP contribution in [-0.2, 0) is 13.3 Å². The fourth-order valence-electron chi connectivity index (χ4n) is 20.7. The fourth-order valence-corrected chi connectivity index (χ4v) is 62.3. The van der Waals surface area contributed by atoms with Crippen molar-refractivity contribution in [3.63, 3.8) is 0 Å². The van der Waals surface area contributed by atoms with Crippen molar-refractivity contribution in [1.29, 1.82) is 0 Å². The SMILES string of the molecule is CCC(C)(C)P(OB(OP(C(C)(C)CC)(C(C)(C)CC)(C(C)(C)CC)C(C)(C)CC)OP(C(C)(C)CC)(C(C)(C)CC)(C(C)(C)CC)C(C)(C)CC)(C(C)(C)CC)(C(C)(C)CC)C(C)(C)CC. The van der Waals surface area contributed by atoms with Crippen molar-refractivity contribution in [3.05, 3.63) is 0 Å². The van der Waals surface area contributed by atoms with Crippen molar-refractivity contribution in [2.75, 3.05) is 0 Å². The summed E-state index contributed by atoms with van der Waals surface area (Å²) in [6, 6.07) is 0. The zero-order valence-corrected chi connectivity index (χ0v) is 56.3. The van der Waals surface area contributed by atoms with E-state index in [-0.39, 0.29) is 61.9 Å². The summed E-state index contributed by atoms with van der Waals surface area (Å²) in [5.74, 6) is 0. The Balaban J connectivity index is 11.8. The van der Waals surface area contributed by atoms with E-state index >= 15 is 0 Å². The van der Waals surface area contributed by atoms with Gasteiger partial charge in [0.15, 0.2) is 0 Å². The van der Waals surface area contributed by atoms with Crippen LogP contribution in [0.3, 0.4) is 0 Å².